The van der Waals surface area contributed by atoms with Gasteiger partial charge in [0.2, 0.25) is 5.89 Å². The Balaban J connectivity index is 2.20. The van der Waals surface area contributed by atoms with E-state index in [4.69, 9.17) is 4.52 Å². The average molecular weight is 267 g/mol. The van der Waals surface area contributed by atoms with Crippen molar-refractivity contribution in [2.75, 3.05) is 7.05 Å². The molecule has 2 aromatic rings. The van der Waals surface area contributed by atoms with E-state index in [1.54, 1.807) is 7.05 Å². The lowest BCUT2D eigenvalue weighted by Crippen LogP contribution is -2.33. The first-order valence-electron chi connectivity index (χ1n) is 5.88. The van der Waals surface area contributed by atoms with Gasteiger partial charge in [0.1, 0.15) is 11.6 Å². The van der Waals surface area contributed by atoms with E-state index in [0.717, 1.165) is 6.07 Å². The van der Waals surface area contributed by atoms with Gasteiger partial charge in [0.15, 0.2) is 5.82 Å². The van der Waals surface area contributed by atoms with E-state index in [1.807, 2.05) is 13.8 Å². The molecule has 0 atom stereocenters. The topological polar surface area (TPSA) is 51.0 Å². The molecular weight excluding hydrogens is 252 g/mol. The Morgan fingerprint density at radius 2 is 2.05 bits per heavy atom. The third-order valence-corrected chi connectivity index (χ3v) is 2.99. The maximum atomic E-state index is 13.5. The summed E-state index contributed by atoms with van der Waals surface area (Å²) in [6.07, 6.45) is 0.162. The number of halogens is 2. The first kappa shape index (κ1) is 13.6. The Labute approximate surface area is 109 Å². The molecule has 0 saturated heterocycles. The average Bonchev–Trinajstić information content (AvgIpc) is 2.82. The van der Waals surface area contributed by atoms with Crippen LogP contribution in [0.3, 0.4) is 0 Å². The molecule has 2 rings (SSSR count). The van der Waals surface area contributed by atoms with Gasteiger partial charge in [0, 0.05) is 12.5 Å². The van der Waals surface area contributed by atoms with Gasteiger partial charge >= 0.3 is 0 Å². The predicted octanol–water partition coefficient (Wildman–Crippen LogP) is 2.39. The zero-order valence-electron chi connectivity index (χ0n) is 11.0. The van der Waals surface area contributed by atoms with Gasteiger partial charge in [-0.25, -0.2) is 8.78 Å². The van der Waals surface area contributed by atoms with Crippen molar-refractivity contribution in [1.29, 1.82) is 0 Å². The first-order chi connectivity index (χ1) is 8.92. The number of hydrogen-bond acceptors (Lipinski definition) is 4. The molecule has 0 bridgehead atoms. The van der Waals surface area contributed by atoms with Crippen molar-refractivity contribution in [3.63, 3.8) is 0 Å². The summed E-state index contributed by atoms with van der Waals surface area (Å²) in [6.45, 7) is 3.78. The normalized spacial score (nSPS) is 11.8. The lowest BCUT2D eigenvalue weighted by molar-refractivity contribution is 0.279. The fraction of sp³-hybridized carbons (Fsp3) is 0.385. The fourth-order valence-electron chi connectivity index (χ4n) is 1.52. The zero-order valence-corrected chi connectivity index (χ0v) is 11.0. The van der Waals surface area contributed by atoms with Crippen LogP contribution in [0.25, 0.3) is 0 Å². The molecular formula is C13H15F2N3O. The lowest BCUT2D eigenvalue weighted by atomic mass is 10.1. The molecule has 1 aromatic carbocycles. The van der Waals surface area contributed by atoms with E-state index in [9.17, 15) is 8.78 Å². The maximum absolute atomic E-state index is 13.5. The third kappa shape index (κ3) is 2.96. The smallest absolute Gasteiger partial charge is 0.246 e. The number of hydrogen-bond donors (Lipinski definition) is 1. The summed E-state index contributed by atoms with van der Waals surface area (Å²) in [7, 11) is 1.78. The second-order valence-electron chi connectivity index (χ2n) is 4.80. The van der Waals surface area contributed by atoms with E-state index < -0.39 is 17.2 Å². The van der Waals surface area contributed by atoms with Crippen molar-refractivity contribution in [1.82, 2.24) is 15.5 Å². The standard InChI is InChI=1S/C13H15F2N3O/c1-13(2,16-3)12-17-11(18-19-12)6-8-4-5-9(14)7-10(8)15/h4-5,7,16H,6H2,1-3H3. The second-order valence-corrected chi connectivity index (χ2v) is 4.80. The highest BCUT2D eigenvalue weighted by Crippen LogP contribution is 2.19. The molecule has 0 unspecified atom stereocenters. The number of nitrogens with one attached hydrogen (secondary N) is 1. The van der Waals surface area contributed by atoms with Gasteiger partial charge in [0.25, 0.3) is 0 Å². The highest BCUT2D eigenvalue weighted by molar-refractivity contribution is 5.21. The molecule has 4 nitrogen and oxygen atoms in total. The van der Waals surface area contributed by atoms with Gasteiger partial charge in [-0.3, -0.25) is 0 Å². The van der Waals surface area contributed by atoms with Crippen LogP contribution in [0.5, 0.6) is 0 Å². The summed E-state index contributed by atoms with van der Waals surface area (Å²) < 4.78 is 31.4. The van der Waals surface area contributed by atoms with Crippen molar-refractivity contribution in [2.24, 2.45) is 0 Å². The van der Waals surface area contributed by atoms with Crippen LogP contribution < -0.4 is 5.32 Å². The largest absolute Gasteiger partial charge is 0.337 e. The van der Waals surface area contributed by atoms with Gasteiger partial charge in [-0.15, -0.1) is 0 Å². The SMILES string of the molecule is CNC(C)(C)c1nc(Cc2ccc(F)cc2F)no1. The van der Waals surface area contributed by atoms with Crippen LogP contribution in [0.2, 0.25) is 0 Å². The highest BCUT2D eigenvalue weighted by atomic mass is 19.1. The Morgan fingerprint density at radius 1 is 1.32 bits per heavy atom. The van der Waals surface area contributed by atoms with Crippen LogP contribution in [-0.2, 0) is 12.0 Å². The molecule has 6 heteroatoms. The molecule has 19 heavy (non-hydrogen) atoms. The molecule has 0 aliphatic heterocycles. The van der Waals surface area contributed by atoms with Crippen LogP contribution in [0.1, 0.15) is 31.1 Å². The molecule has 0 aliphatic carbocycles. The van der Waals surface area contributed by atoms with Crippen molar-refractivity contribution in [3.05, 3.63) is 47.1 Å². The molecule has 0 saturated carbocycles. The van der Waals surface area contributed by atoms with Crippen molar-refractivity contribution < 1.29 is 13.3 Å². The summed E-state index contributed by atoms with van der Waals surface area (Å²) >= 11 is 0. The summed E-state index contributed by atoms with van der Waals surface area (Å²) in [5.74, 6) is -0.429. The van der Waals surface area contributed by atoms with Crippen LogP contribution >= 0.6 is 0 Å². The Morgan fingerprint density at radius 3 is 2.68 bits per heavy atom. The van der Waals surface area contributed by atoms with Crippen LogP contribution in [0.15, 0.2) is 22.7 Å². The minimum absolute atomic E-state index is 0.162. The van der Waals surface area contributed by atoms with Crippen LogP contribution in [0.4, 0.5) is 8.78 Å². The van der Waals surface area contributed by atoms with Gasteiger partial charge in [-0.2, -0.15) is 4.98 Å². The number of benzene rings is 1. The Hall–Kier alpha value is -1.82. The van der Waals surface area contributed by atoms with E-state index >= 15 is 0 Å². The number of rotatable bonds is 4. The number of aromatic nitrogens is 2. The fourth-order valence-corrected chi connectivity index (χ4v) is 1.52. The maximum Gasteiger partial charge on any atom is 0.246 e. The van der Waals surface area contributed by atoms with E-state index in [-0.39, 0.29) is 6.42 Å². The van der Waals surface area contributed by atoms with Gasteiger partial charge < -0.3 is 9.84 Å². The molecule has 1 aromatic heterocycles. The van der Waals surface area contributed by atoms with Gasteiger partial charge in [-0.05, 0) is 32.5 Å². The third-order valence-electron chi connectivity index (χ3n) is 2.99. The van der Waals surface area contributed by atoms with E-state index in [1.165, 1.54) is 12.1 Å². The summed E-state index contributed by atoms with van der Waals surface area (Å²) in [5, 5.41) is 6.84. The second kappa shape index (κ2) is 5.05. The summed E-state index contributed by atoms with van der Waals surface area (Å²) in [4.78, 5) is 4.21. The molecule has 0 radical (unpaired) electrons. The lowest BCUT2D eigenvalue weighted by Gasteiger charge is -2.17. The van der Waals surface area contributed by atoms with Gasteiger partial charge in [0.05, 0.1) is 5.54 Å². The number of nitrogens with zero attached hydrogens (tertiary/aromatic N) is 2. The molecule has 102 valence electrons. The highest BCUT2D eigenvalue weighted by Gasteiger charge is 2.25. The van der Waals surface area contributed by atoms with Crippen molar-refractivity contribution >= 4 is 0 Å². The molecule has 1 N–H and O–H groups in total. The quantitative estimate of drug-likeness (QED) is 0.924. The molecule has 0 spiro atoms. The molecule has 0 fully saturated rings. The summed E-state index contributed by atoms with van der Waals surface area (Å²) in [6, 6.07) is 3.43. The predicted molar refractivity (Wildman–Crippen MR) is 65.5 cm³/mol. The van der Waals surface area contributed by atoms with Crippen molar-refractivity contribution in [3.8, 4) is 0 Å². The van der Waals surface area contributed by atoms with E-state index in [0.29, 0.717) is 17.3 Å². The molecule has 0 aliphatic rings. The minimum atomic E-state index is -0.612. The van der Waals surface area contributed by atoms with Crippen LogP contribution in [0, 0.1) is 11.6 Å². The zero-order chi connectivity index (χ0) is 14.0. The van der Waals surface area contributed by atoms with Crippen LogP contribution in [-0.4, -0.2) is 17.2 Å². The van der Waals surface area contributed by atoms with E-state index in [2.05, 4.69) is 15.5 Å². The Kier molecular flexibility index (Phi) is 3.61. The van der Waals surface area contributed by atoms with Gasteiger partial charge in [-0.1, -0.05) is 11.2 Å². The Bertz CT molecular complexity index is 581. The first-order valence-corrected chi connectivity index (χ1v) is 5.88. The monoisotopic (exact) mass is 267 g/mol. The minimum Gasteiger partial charge on any atom is -0.337 e. The van der Waals surface area contributed by atoms with Crippen molar-refractivity contribution in [2.45, 2.75) is 25.8 Å². The molecule has 1 heterocycles. The molecule has 0 amide bonds. The summed E-state index contributed by atoms with van der Waals surface area (Å²) in [5.41, 5.74) is -0.122.